The Hall–Kier alpha value is -1.95. The third kappa shape index (κ3) is 5.53. The Morgan fingerprint density at radius 2 is 2.11 bits per heavy atom. The van der Waals surface area contributed by atoms with Gasteiger partial charge in [0.2, 0.25) is 0 Å². The standard InChI is InChI=1S/C22H36N4O2/c1-5-12-26-13-9-18(10-14-26)25-21(23-4)24-11-15-27-19-8-6-7-17-16-22(2,3)28-20(17)19/h6-8,18H,5,9-16H2,1-4H3,(H2,23,24,25). The molecular formula is C22H36N4O2. The predicted octanol–water partition coefficient (Wildman–Crippen LogP) is 2.82. The van der Waals surface area contributed by atoms with Crippen molar-refractivity contribution in [1.82, 2.24) is 15.5 Å². The van der Waals surface area contributed by atoms with Gasteiger partial charge in [0.25, 0.3) is 0 Å². The molecule has 1 fully saturated rings. The van der Waals surface area contributed by atoms with Crippen molar-refractivity contribution in [1.29, 1.82) is 0 Å². The first kappa shape index (κ1) is 20.8. The van der Waals surface area contributed by atoms with Crippen LogP contribution in [0.3, 0.4) is 0 Å². The van der Waals surface area contributed by atoms with Crippen molar-refractivity contribution in [3.8, 4) is 11.5 Å². The molecule has 2 aliphatic rings. The Kier molecular flexibility index (Phi) is 7.05. The number of nitrogens with one attached hydrogen (secondary N) is 2. The van der Waals surface area contributed by atoms with Crippen LogP contribution in [0.25, 0.3) is 0 Å². The summed E-state index contributed by atoms with van der Waals surface area (Å²) in [4.78, 5) is 6.91. The summed E-state index contributed by atoms with van der Waals surface area (Å²) in [7, 11) is 1.82. The van der Waals surface area contributed by atoms with Crippen LogP contribution in [0.5, 0.6) is 11.5 Å². The lowest BCUT2D eigenvalue weighted by Gasteiger charge is -2.32. The minimum absolute atomic E-state index is 0.154. The zero-order valence-electron chi connectivity index (χ0n) is 17.9. The number of ether oxygens (including phenoxy) is 2. The monoisotopic (exact) mass is 388 g/mol. The minimum Gasteiger partial charge on any atom is -0.488 e. The number of rotatable bonds is 7. The van der Waals surface area contributed by atoms with Crippen molar-refractivity contribution in [2.75, 3.05) is 39.8 Å². The Balaban J connectivity index is 1.40. The van der Waals surface area contributed by atoms with E-state index in [1.54, 1.807) is 0 Å². The molecule has 1 saturated heterocycles. The van der Waals surface area contributed by atoms with Crippen molar-refractivity contribution in [2.45, 2.75) is 58.1 Å². The minimum atomic E-state index is -0.154. The number of likely N-dealkylation sites (tertiary alicyclic amines) is 1. The molecule has 2 aliphatic heterocycles. The Morgan fingerprint density at radius 1 is 1.32 bits per heavy atom. The molecule has 6 heteroatoms. The predicted molar refractivity (Wildman–Crippen MR) is 115 cm³/mol. The van der Waals surface area contributed by atoms with Gasteiger partial charge in [-0.05, 0) is 45.7 Å². The second-order valence-corrected chi connectivity index (χ2v) is 8.39. The molecule has 0 atom stereocenters. The highest BCUT2D eigenvalue weighted by Gasteiger charge is 2.32. The molecule has 1 aromatic carbocycles. The molecule has 2 heterocycles. The zero-order chi connectivity index (χ0) is 20.0. The molecule has 28 heavy (non-hydrogen) atoms. The van der Waals surface area contributed by atoms with E-state index in [2.05, 4.69) is 47.4 Å². The normalized spacial score (nSPS) is 19.8. The van der Waals surface area contributed by atoms with Crippen molar-refractivity contribution < 1.29 is 9.47 Å². The fourth-order valence-corrected chi connectivity index (χ4v) is 4.04. The molecule has 0 aliphatic carbocycles. The number of hydrogen-bond donors (Lipinski definition) is 2. The third-order valence-electron chi connectivity index (χ3n) is 5.40. The first-order chi connectivity index (χ1) is 13.5. The number of guanidine groups is 1. The van der Waals surface area contributed by atoms with E-state index in [9.17, 15) is 0 Å². The van der Waals surface area contributed by atoms with E-state index >= 15 is 0 Å². The summed E-state index contributed by atoms with van der Waals surface area (Å²) >= 11 is 0. The van der Waals surface area contributed by atoms with E-state index in [4.69, 9.17) is 9.47 Å². The van der Waals surface area contributed by atoms with Gasteiger partial charge in [-0.2, -0.15) is 0 Å². The lowest BCUT2D eigenvalue weighted by Crippen LogP contribution is -2.49. The summed E-state index contributed by atoms with van der Waals surface area (Å²) in [5, 5.41) is 6.92. The number of piperidine rings is 1. The maximum absolute atomic E-state index is 6.07. The number of hydrogen-bond acceptors (Lipinski definition) is 4. The number of benzene rings is 1. The molecule has 1 aromatic rings. The highest BCUT2D eigenvalue weighted by Crippen LogP contribution is 2.41. The van der Waals surface area contributed by atoms with Crippen LogP contribution in [-0.2, 0) is 6.42 Å². The summed E-state index contributed by atoms with van der Waals surface area (Å²) in [6.07, 6.45) is 4.49. The second kappa shape index (κ2) is 9.50. The van der Waals surface area contributed by atoms with Gasteiger partial charge in [-0.3, -0.25) is 4.99 Å². The molecule has 2 N–H and O–H groups in total. The van der Waals surface area contributed by atoms with E-state index in [1.807, 2.05) is 19.2 Å². The van der Waals surface area contributed by atoms with Crippen LogP contribution in [-0.4, -0.2) is 62.3 Å². The molecule has 3 rings (SSSR count). The van der Waals surface area contributed by atoms with E-state index < -0.39 is 0 Å². The average molecular weight is 389 g/mol. The van der Waals surface area contributed by atoms with Gasteiger partial charge < -0.3 is 25.0 Å². The summed E-state index contributed by atoms with van der Waals surface area (Å²) in [6.45, 7) is 11.3. The van der Waals surface area contributed by atoms with Gasteiger partial charge in [0.1, 0.15) is 12.2 Å². The first-order valence-corrected chi connectivity index (χ1v) is 10.6. The molecule has 6 nitrogen and oxygen atoms in total. The maximum Gasteiger partial charge on any atom is 0.191 e. The maximum atomic E-state index is 6.07. The highest BCUT2D eigenvalue weighted by atomic mass is 16.5. The van der Waals surface area contributed by atoms with Crippen LogP contribution < -0.4 is 20.1 Å². The number of aliphatic imine (C=N–C) groups is 1. The zero-order valence-corrected chi connectivity index (χ0v) is 17.9. The first-order valence-electron chi connectivity index (χ1n) is 10.6. The van der Waals surface area contributed by atoms with E-state index in [1.165, 1.54) is 44.5 Å². The molecule has 0 amide bonds. The molecule has 0 radical (unpaired) electrons. The van der Waals surface area contributed by atoms with Crippen LogP contribution in [0.4, 0.5) is 0 Å². The Labute approximate surface area is 169 Å². The fraction of sp³-hybridized carbons (Fsp3) is 0.682. The summed E-state index contributed by atoms with van der Waals surface area (Å²) < 4.78 is 12.1. The molecule has 0 unspecified atom stereocenters. The number of nitrogens with zero attached hydrogens (tertiary/aromatic N) is 2. The van der Waals surface area contributed by atoms with Crippen LogP contribution in [0.1, 0.15) is 45.6 Å². The Morgan fingerprint density at radius 3 is 2.82 bits per heavy atom. The van der Waals surface area contributed by atoms with Crippen molar-refractivity contribution in [3.05, 3.63) is 23.8 Å². The lowest BCUT2D eigenvalue weighted by molar-refractivity contribution is 0.132. The van der Waals surface area contributed by atoms with Crippen molar-refractivity contribution >= 4 is 5.96 Å². The van der Waals surface area contributed by atoms with Gasteiger partial charge in [-0.25, -0.2) is 0 Å². The highest BCUT2D eigenvalue weighted by molar-refractivity contribution is 5.79. The third-order valence-corrected chi connectivity index (χ3v) is 5.40. The van der Waals surface area contributed by atoms with E-state index in [-0.39, 0.29) is 5.60 Å². The van der Waals surface area contributed by atoms with Crippen molar-refractivity contribution in [3.63, 3.8) is 0 Å². The van der Waals surface area contributed by atoms with Gasteiger partial charge in [0.05, 0.1) is 6.54 Å². The van der Waals surface area contributed by atoms with Crippen LogP contribution >= 0.6 is 0 Å². The molecule has 0 bridgehead atoms. The van der Waals surface area contributed by atoms with Crippen molar-refractivity contribution in [2.24, 2.45) is 4.99 Å². The summed E-state index contributed by atoms with van der Waals surface area (Å²) in [6, 6.07) is 6.63. The quantitative estimate of drug-likeness (QED) is 0.427. The topological polar surface area (TPSA) is 58.1 Å². The van der Waals surface area contributed by atoms with Gasteiger partial charge in [0.15, 0.2) is 17.5 Å². The summed E-state index contributed by atoms with van der Waals surface area (Å²) in [5.74, 6) is 2.58. The fourth-order valence-electron chi connectivity index (χ4n) is 4.04. The lowest BCUT2D eigenvalue weighted by atomic mass is 10.0. The van der Waals surface area contributed by atoms with Gasteiger partial charge in [-0.1, -0.05) is 19.1 Å². The number of fused-ring (bicyclic) bond motifs is 1. The smallest absolute Gasteiger partial charge is 0.191 e. The SMILES string of the molecule is CCCN1CCC(NC(=NC)NCCOc2cccc3c2OC(C)(C)C3)CC1. The van der Waals surface area contributed by atoms with Gasteiger partial charge in [-0.15, -0.1) is 0 Å². The molecule has 156 valence electrons. The average Bonchev–Trinajstić information content (AvgIpc) is 3.00. The van der Waals surface area contributed by atoms with Crippen LogP contribution in [0.15, 0.2) is 23.2 Å². The van der Waals surface area contributed by atoms with Crippen LogP contribution in [0, 0.1) is 0 Å². The van der Waals surface area contributed by atoms with Gasteiger partial charge >= 0.3 is 0 Å². The second-order valence-electron chi connectivity index (χ2n) is 8.39. The molecule has 0 aromatic heterocycles. The van der Waals surface area contributed by atoms with Gasteiger partial charge in [0, 0.05) is 38.2 Å². The van der Waals surface area contributed by atoms with Crippen LogP contribution in [0.2, 0.25) is 0 Å². The largest absolute Gasteiger partial charge is 0.488 e. The molecule has 0 saturated carbocycles. The Bertz CT molecular complexity index is 667. The van der Waals surface area contributed by atoms with E-state index in [0.29, 0.717) is 19.2 Å². The molecular weight excluding hydrogens is 352 g/mol. The molecule has 0 spiro atoms. The summed E-state index contributed by atoms with van der Waals surface area (Å²) in [5.41, 5.74) is 1.07. The number of para-hydroxylation sites is 1. The van der Waals surface area contributed by atoms with E-state index in [0.717, 1.165) is 23.9 Å².